The van der Waals surface area contributed by atoms with Gasteiger partial charge in [-0.15, -0.1) is 12.4 Å². The Kier molecular flexibility index (Phi) is 7.20. The first-order valence-corrected chi connectivity index (χ1v) is 8.81. The average molecular weight is 324 g/mol. The van der Waals surface area contributed by atoms with Crippen molar-refractivity contribution in [3.05, 3.63) is 35.9 Å². The van der Waals surface area contributed by atoms with Gasteiger partial charge in [0.15, 0.2) is 0 Å². The smallest absolute Gasteiger partial charge is 0.0931 e. The van der Waals surface area contributed by atoms with Gasteiger partial charge in [-0.25, -0.2) is 0 Å². The molecular formula is C19H30ClNO. The lowest BCUT2D eigenvalue weighted by Gasteiger charge is -2.38. The number of ether oxygens (including phenoxy) is 1. The fourth-order valence-electron chi connectivity index (χ4n) is 3.93. The van der Waals surface area contributed by atoms with Crippen LogP contribution < -0.4 is 0 Å². The van der Waals surface area contributed by atoms with E-state index in [1.807, 2.05) is 0 Å². The number of nitrogens with zero attached hydrogens (tertiary/aromatic N) is 1. The van der Waals surface area contributed by atoms with Gasteiger partial charge in [-0.05, 0) is 44.3 Å². The van der Waals surface area contributed by atoms with Gasteiger partial charge in [0.25, 0.3) is 0 Å². The second-order valence-corrected chi connectivity index (χ2v) is 6.67. The Hall–Kier alpha value is -0.570. The van der Waals surface area contributed by atoms with Crippen LogP contribution >= 0.6 is 12.4 Å². The quantitative estimate of drug-likeness (QED) is 0.774. The summed E-state index contributed by atoms with van der Waals surface area (Å²) in [6, 6.07) is 10.9. The number of hydrogen-bond acceptors (Lipinski definition) is 2. The van der Waals surface area contributed by atoms with E-state index in [1.165, 1.54) is 70.0 Å². The van der Waals surface area contributed by atoms with Crippen molar-refractivity contribution in [3.63, 3.8) is 0 Å². The number of likely N-dealkylation sites (tertiary alicyclic amines) is 1. The zero-order chi connectivity index (χ0) is 14.4. The first-order valence-electron chi connectivity index (χ1n) is 8.81. The minimum Gasteiger partial charge on any atom is -0.369 e. The molecule has 1 aliphatic heterocycles. The molecule has 0 spiro atoms. The summed E-state index contributed by atoms with van der Waals surface area (Å²) in [5.41, 5.74) is 1.39. The Balaban J connectivity index is 0.00000176. The molecule has 0 atom stereocenters. The van der Waals surface area contributed by atoms with Gasteiger partial charge in [-0.3, -0.25) is 0 Å². The van der Waals surface area contributed by atoms with E-state index in [0.29, 0.717) is 0 Å². The Morgan fingerprint density at radius 3 is 2.18 bits per heavy atom. The Bertz CT molecular complexity index is 411. The lowest BCUT2D eigenvalue weighted by atomic mass is 9.79. The summed E-state index contributed by atoms with van der Waals surface area (Å²) in [6.45, 7) is 4.52. The third-order valence-corrected chi connectivity index (χ3v) is 5.20. The maximum Gasteiger partial charge on any atom is 0.0931 e. The SMILES string of the molecule is Cl.c1ccc(C2(OCCN3CCCCC3)CCCCC2)cc1. The minimum atomic E-state index is -0.00467. The van der Waals surface area contributed by atoms with Crippen LogP contribution in [0.3, 0.4) is 0 Å². The van der Waals surface area contributed by atoms with Crippen LogP contribution in [0.25, 0.3) is 0 Å². The van der Waals surface area contributed by atoms with Crippen molar-refractivity contribution in [2.45, 2.75) is 57.0 Å². The predicted molar refractivity (Wildman–Crippen MR) is 94.7 cm³/mol. The number of hydrogen-bond donors (Lipinski definition) is 0. The van der Waals surface area contributed by atoms with Crippen molar-refractivity contribution >= 4 is 12.4 Å². The van der Waals surface area contributed by atoms with Gasteiger partial charge in [-0.1, -0.05) is 56.0 Å². The van der Waals surface area contributed by atoms with Crippen LogP contribution in [-0.2, 0) is 10.3 Å². The van der Waals surface area contributed by atoms with Gasteiger partial charge in [0.1, 0.15) is 0 Å². The molecule has 0 N–H and O–H groups in total. The monoisotopic (exact) mass is 323 g/mol. The van der Waals surface area contributed by atoms with Crippen LogP contribution in [0.4, 0.5) is 0 Å². The number of halogens is 1. The Labute approximate surface area is 141 Å². The van der Waals surface area contributed by atoms with E-state index in [1.54, 1.807) is 0 Å². The van der Waals surface area contributed by atoms with E-state index in [-0.39, 0.29) is 18.0 Å². The van der Waals surface area contributed by atoms with Crippen molar-refractivity contribution in [2.24, 2.45) is 0 Å². The molecular weight excluding hydrogens is 294 g/mol. The van der Waals surface area contributed by atoms with Crippen molar-refractivity contribution in [3.8, 4) is 0 Å². The standard InChI is InChI=1S/C19H29NO.ClH/c1-4-10-18(11-5-1)19(12-6-2-7-13-19)21-17-16-20-14-8-3-9-15-20;/h1,4-5,10-11H,2-3,6-9,12-17H2;1H. The normalized spacial score (nSPS) is 22.0. The van der Waals surface area contributed by atoms with Crippen LogP contribution in [0.2, 0.25) is 0 Å². The van der Waals surface area contributed by atoms with Crippen molar-refractivity contribution < 1.29 is 4.74 Å². The van der Waals surface area contributed by atoms with Gasteiger partial charge in [-0.2, -0.15) is 0 Å². The molecule has 2 aliphatic rings. The van der Waals surface area contributed by atoms with Gasteiger partial charge in [0.05, 0.1) is 12.2 Å². The second kappa shape index (κ2) is 8.90. The molecule has 3 rings (SSSR count). The van der Waals surface area contributed by atoms with E-state index in [2.05, 4.69) is 35.2 Å². The summed E-state index contributed by atoms with van der Waals surface area (Å²) in [6.07, 6.45) is 10.5. The zero-order valence-corrected chi connectivity index (χ0v) is 14.5. The zero-order valence-electron chi connectivity index (χ0n) is 13.6. The first-order chi connectivity index (χ1) is 10.4. The molecule has 0 unspecified atom stereocenters. The highest BCUT2D eigenvalue weighted by Crippen LogP contribution is 2.40. The van der Waals surface area contributed by atoms with Crippen molar-refractivity contribution in [1.29, 1.82) is 0 Å². The van der Waals surface area contributed by atoms with Gasteiger partial charge >= 0.3 is 0 Å². The molecule has 2 fully saturated rings. The molecule has 1 aliphatic carbocycles. The summed E-state index contributed by atoms with van der Waals surface area (Å²) in [7, 11) is 0. The molecule has 2 nitrogen and oxygen atoms in total. The molecule has 0 bridgehead atoms. The molecule has 1 heterocycles. The summed E-state index contributed by atoms with van der Waals surface area (Å²) >= 11 is 0. The molecule has 1 aromatic rings. The highest BCUT2D eigenvalue weighted by Gasteiger charge is 2.34. The van der Waals surface area contributed by atoms with Crippen molar-refractivity contribution in [1.82, 2.24) is 4.90 Å². The van der Waals surface area contributed by atoms with Gasteiger partial charge < -0.3 is 9.64 Å². The van der Waals surface area contributed by atoms with Crippen molar-refractivity contribution in [2.75, 3.05) is 26.2 Å². The van der Waals surface area contributed by atoms with E-state index >= 15 is 0 Å². The lowest BCUT2D eigenvalue weighted by molar-refractivity contribution is -0.0821. The Morgan fingerprint density at radius 2 is 1.50 bits per heavy atom. The molecule has 1 saturated heterocycles. The molecule has 22 heavy (non-hydrogen) atoms. The molecule has 124 valence electrons. The van der Waals surface area contributed by atoms with Crippen LogP contribution in [-0.4, -0.2) is 31.1 Å². The second-order valence-electron chi connectivity index (χ2n) is 6.67. The van der Waals surface area contributed by atoms with Crippen LogP contribution in [0.5, 0.6) is 0 Å². The summed E-state index contributed by atoms with van der Waals surface area (Å²) < 4.78 is 6.52. The van der Waals surface area contributed by atoms with E-state index < -0.39 is 0 Å². The van der Waals surface area contributed by atoms with Crippen LogP contribution in [0.15, 0.2) is 30.3 Å². The maximum absolute atomic E-state index is 6.52. The van der Waals surface area contributed by atoms with Gasteiger partial charge in [0, 0.05) is 6.54 Å². The first kappa shape index (κ1) is 17.8. The molecule has 0 radical (unpaired) electrons. The number of benzene rings is 1. The van der Waals surface area contributed by atoms with Crippen LogP contribution in [0.1, 0.15) is 56.9 Å². The summed E-state index contributed by atoms with van der Waals surface area (Å²) in [5.74, 6) is 0. The Morgan fingerprint density at radius 1 is 0.864 bits per heavy atom. The highest BCUT2D eigenvalue weighted by atomic mass is 35.5. The topological polar surface area (TPSA) is 12.5 Å². The van der Waals surface area contributed by atoms with E-state index in [0.717, 1.165) is 13.2 Å². The van der Waals surface area contributed by atoms with E-state index in [4.69, 9.17) is 4.74 Å². The maximum atomic E-state index is 6.52. The molecule has 0 amide bonds. The minimum absolute atomic E-state index is 0. The van der Waals surface area contributed by atoms with Crippen LogP contribution in [0, 0.1) is 0 Å². The fraction of sp³-hybridized carbons (Fsp3) is 0.684. The lowest BCUT2D eigenvalue weighted by Crippen LogP contribution is -2.37. The highest BCUT2D eigenvalue weighted by molar-refractivity contribution is 5.85. The number of piperidine rings is 1. The molecule has 3 heteroatoms. The molecule has 1 saturated carbocycles. The fourth-order valence-corrected chi connectivity index (χ4v) is 3.93. The molecule has 1 aromatic carbocycles. The molecule has 0 aromatic heterocycles. The third-order valence-electron chi connectivity index (χ3n) is 5.20. The predicted octanol–water partition coefficient (Wildman–Crippen LogP) is 4.77. The summed E-state index contributed by atoms with van der Waals surface area (Å²) in [5, 5.41) is 0. The van der Waals surface area contributed by atoms with Gasteiger partial charge in [0.2, 0.25) is 0 Å². The summed E-state index contributed by atoms with van der Waals surface area (Å²) in [4.78, 5) is 2.57. The third kappa shape index (κ3) is 4.47. The number of rotatable bonds is 5. The largest absolute Gasteiger partial charge is 0.369 e. The average Bonchev–Trinajstić information content (AvgIpc) is 2.58. The van der Waals surface area contributed by atoms with E-state index in [9.17, 15) is 0 Å².